The van der Waals surface area contributed by atoms with E-state index in [-0.39, 0.29) is 5.78 Å². The molecular formula is C18H20N4OS. The van der Waals surface area contributed by atoms with Crippen LogP contribution < -0.4 is 0 Å². The Balaban J connectivity index is 1.79. The van der Waals surface area contributed by atoms with Gasteiger partial charge in [0, 0.05) is 24.0 Å². The number of Topliss-reactive ketones (excluding diaryl/α,β-unsaturated/α-hetero) is 1. The average molecular weight is 340 g/mol. The molecule has 0 aliphatic heterocycles. The summed E-state index contributed by atoms with van der Waals surface area (Å²) in [6, 6.07) is 10.0. The Hall–Kier alpha value is -2.34. The Morgan fingerprint density at radius 3 is 2.62 bits per heavy atom. The fourth-order valence-corrected chi connectivity index (χ4v) is 3.47. The maximum Gasteiger partial charge on any atom is 0.196 e. The van der Waals surface area contributed by atoms with Gasteiger partial charge in [-0.25, -0.2) is 0 Å². The van der Waals surface area contributed by atoms with E-state index in [0.717, 1.165) is 33.4 Å². The third kappa shape index (κ3) is 3.01. The fraction of sp³-hybridized carbons (Fsp3) is 0.278. The van der Waals surface area contributed by atoms with Crippen LogP contribution in [0.3, 0.4) is 0 Å². The average Bonchev–Trinajstić information content (AvgIpc) is 3.13. The predicted octanol–water partition coefficient (Wildman–Crippen LogP) is 3.51. The van der Waals surface area contributed by atoms with Crippen LogP contribution in [0.15, 0.2) is 41.8 Å². The van der Waals surface area contributed by atoms with Crippen LogP contribution in [0, 0.1) is 20.8 Å². The van der Waals surface area contributed by atoms with Gasteiger partial charge in [0.1, 0.15) is 6.33 Å². The summed E-state index contributed by atoms with van der Waals surface area (Å²) in [5, 5.41) is 8.89. The smallest absolute Gasteiger partial charge is 0.196 e. The van der Waals surface area contributed by atoms with Gasteiger partial charge in [-0.15, -0.1) is 10.2 Å². The summed E-state index contributed by atoms with van der Waals surface area (Å²) in [6.07, 6.45) is 1.69. The van der Waals surface area contributed by atoms with E-state index in [1.54, 1.807) is 6.33 Å². The van der Waals surface area contributed by atoms with Crippen LogP contribution in [-0.4, -0.2) is 30.9 Å². The van der Waals surface area contributed by atoms with Gasteiger partial charge in [-0.3, -0.25) is 9.36 Å². The largest absolute Gasteiger partial charge is 0.351 e. The van der Waals surface area contributed by atoms with Crippen LogP contribution in [0.1, 0.15) is 27.3 Å². The molecule has 0 fully saturated rings. The number of nitrogens with zero attached hydrogens (tertiary/aromatic N) is 4. The normalized spacial score (nSPS) is 11.0. The molecule has 0 spiro atoms. The first-order chi connectivity index (χ1) is 11.5. The number of hydrogen-bond acceptors (Lipinski definition) is 4. The van der Waals surface area contributed by atoms with Crippen molar-refractivity contribution in [3.63, 3.8) is 0 Å². The fourth-order valence-electron chi connectivity index (χ4n) is 2.67. The van der Waals surface area contributed by atoms with Gasteiger partial charge in [-0.2, -0.15) is 0 Å². The lowest BCUT2D eigenvalue weighted by atomic mass is 10.2. The van der Waals surface area contributed by atoms with E-state index in [2.05, 4.69) is 10.2 Å². The second kappa shape index (κ2) is 6.65. The molecule has 124 valence electrons. The van der Waals surface area contributed by atoms with Gasteiger partial charge in [-0.1, -0.05) is 30.0 Å². The molecular weight excluding hydrogens is 320 g/mol. The minimum absolute atomic E-state index is 0.112. The molecule has 0 amide bonds. The van der Waals surface area contributed by atoms with Crippen LogP contribution in [0.5, 0.6) is 0 Å². The first kappa shape index (κ1) is 16.5. The van der Waals surface area contributed by atoms with E-state index in [1.807, 2.05) is 67.3 Å². The Kier molecular flexibility index (Phi) is 4.57. The SMILES string of the molecule is Cc1ccccc1-n1cnnc1SCC(=O)c1cc(C)n(C)c1C. The van der Waals surface area contributed by atoms with Gasteiger partial charge >= 0.3 is 0 Å². The van der Waals surface area contributed by atoms with E-state index in [0.29, 0.717) is 5.75 Å². The van der Waals surface area contributed by atoms with Crippen molar-refractivity contribution in [3.8, 4) is 5.69 Å². The maximum absolute atomic E-state index is 12.5. The summed E-state index contributed by atoms with van der Waals surface area (Å²) < 4.78 is 3.96. The first-order valence-electron chi connectivity index (χ1n) is 7.74. The monoisotopic (exact) mass is 340 g/mol. The molecule has 3 aromatic rings. The topological polar surface area (TPSA) is 52.7 Å². The molecule has 0 saturated carbocycles. The van der Waals surface area contributed by atoms with E-state index in [1.165, 1.54) is 11.8 Å². The predicted molar refractivity (Wildman–Crippen MR) is 96.0 cm³/mol. The zero-order valence-electron chi connectivity index (χ0n) is 14.3. The van der Waals surface area contributed by atoms with Crippen LogP contribution in [0.4, 0.5) is 0 Å². The first-order valence-corrected chi connectivity index (χ1v) is 8.72. The highest BCUT2D eigenvalue weighted by molar-refractivity contribution is 7.99. The lowest BCUT2D eigenvalue weighted by Gasteiger charge is -2.08. The van der Waals surface area contributed by atoms with Gasteiger partial charge in [0.15, 0.2) is 10.9 Å². The molecule has 2 aromatic heterocycles. The molecule has 0 saturated heterocycles. The van der Waals surface area contributed by atoms with Gasteiger partial charge in [0.05, 0.1) is 11.4 Å². The molecule has 3 rings (SSSR count). The lowest BCUT2D eigenvalue weighted by Crippen LogP contribution is -2.06. The van der Waals surface area contributed by atoms with Gasteiger partial charge in [-0.05, 0) is 38.5 Å². The summed E-state index contributed by atoms with van der Waals surface area (Å²) in [5.41, 5.74) is 5.04. The van der Waals surface area contributed by atoms with E-state index in [9.17, 15) is 4.79 Å². The molecule has 0 aliphatic rings. The third-order valence-corrected chi connectivity index (χ3v) is 5.24. The number of aryl methyl sites for hydroxylation is 2. The quantitative estimate of drug-likeness (QED) is 0.527. The van der Waals surface area contributed by atoms with Crippen molar-refractivity contribution in [3.05, 3.63) is 59.2 Å². The zero-order valence-corrected chi connectivity index (χ0v) is 15.1. The van der Waals surface area contributed by atoms with Crippen molar-refractivity contribution in [1.29, 1.82) is 0 Å². The molecule has 24 heavy (non-hydrogen) atoms. The minimum Gasteiger partial charge on any atom is -0.351 e. The molecule has 0 unspecified atom stereocenters. The highest BCUT2D eigenvalue weighted by atomic mass is 32.2. The molecule has 1 aromatic carbocycles. The van der Waals surface area contributed by atoms with Crippen molar-refractivity contribution >= 4 is 17.5 Å². The number of rotatable bonds is 5. The van der Waals surface area contributed by atoms with Crippen LogP contribution in [0.25, 0.3) is 5.69 Å². The van der Waals surface area contributed by atoms with Crippen molar-refractivity contribution in [2.75, 3.05) is 5.75 Å². The Labute approximate surface area is 145 Å². The number of aromatic nitrogens is 4. The standard InChI is InChI=1S/C18H20N4OS/c1-12-7-5-6-8-16(12)22-11-19-20-18(22)24-10-17(23)15-9-13(2)21(4)14(15)3/h5-9,11H,10H2,1-4H3. The highest BCUT2D eigenvalue weighted by Gasteiger charge is 2.16. The summed E-state index contributed by atoms with van der Waals surface area (Å²) in [4.78, 5) is 12.5. The van der Waals surface area contributed by atoms with E-state index >= 15 is 0 Å². The number of ketones is 1. The van der Waals surface area contributed by atoms with E-state index in [4.69, 9.17) is 0 Å². The van der Waals surface area contributed by atoms with Crippen LogP contribution in [-0.2, 0) is 7.05 Å². The van der Waals surface area contributed by atoms with Crippen molar-refractivity contribution in [2.24, 2.45) is 7.05 Å². The summed E-state index contributed by atoms with van der Waals surface area (Å²) >= 11 is 1.41. The van der Waals surface area contributed by atoms with Gasteiger partial charge in [0.2, 0.25) is 0 Å². The molecule has 5 nitrogen and oxygen atoms in total. The zero-order chi connectivity index (χ0) is 17.3. The summed E-state index contributed by atoms with van der Waals surface area (Å²) in [6.45, 7) is 6.03. The Bertz CT molecular complexity index is 894. The molecule has 0 aliphatic carbocycles. The summed E-state index contributed by atoms with van der Waals surface area (Å²) in [7, 11) is 1.98. The molecule has 6 heteroatoms. The molecule has 0 radical (unpaired) electrons. The Morgan fingerprint density at radius 1 is 1.21 bits per heavy atom. The van der Waals surface area contributed by atoms with Gasteiger partial charge in [0.25, 0.3) is 0 Å². The molecule has 0 bridgehead atoms. The van der Waals surface area contributed by atoms with Gasteiger partial charge < -0.3 is 4.57 Å². The Morgan fingerprint density at radius 2 is 1.96 bits per heavy atom. The number of thioether (sulfide) groups is 1. The number of para-hydroxylation sites is 1. The number of hydrogen-bond donors (Lipinski definition) is 0. The maximum atomic E-state index is 12.5. The number of carbonyl (C=O) groups excluding carboxylic acids is 1. The third-order valence-electron chi connectivity index (χ3n) is 4.30. The lowest BCUT2D eigenvalue weighted by molar-refractivity contribution is 0.102. The second-order valence-corrected chi connectivity index (χ2v) is 6.77. The molecule has 2 heterocycles. The van der Waals surface area contributed by atoms with E-state index < -0.39 is 0 Å². The second-order valence-electron chi connectivity index (χ2n) is 5.83. The summed E-state index contributed by atoms with van der Waals surface area (Å²) in [5.74, 6) is 0.454. The minimum atomic E-state index is 0.112. The van der Waals surface area contributed by atoms with Crippen LogP contribution >= 0.6 is 11.8 Å². The molecule has 0 N–H and O–H groups in total. The number of benzene rings is 1. The van der Waals surface area contributed by atoms with Crippen molar-refractivity contribution < 1.29 is 4.79 Å². The van der Waals surface area contributed by atoms with Crippen LogP contribution in [0.2, 0.25) is 0 Å². The van der Waals surface area contributed by atoms with Crippen molar-refractivity contribution in [2.45, 2.75) is 25.9 Å². The molecule has 0 atom stereocenters. The number of carbonyl (C=O) groups is 1. The van der Waals surface area contributed by atoms with Crippen molar-refractivity contribution in [1.82, 2.24) is 19.3 Å². The highest BCUT2D eigenvalue weighted by Crippen LogP contribution is 2.23.